The summed E-state index contributed by atoms with van der Waals surface area (Å²) in [5, 5.41) is 4.55. The van der Waals surface area contributed by atoms with Crippen LogP contribution < -0.4 is 9.47 Å². The Morgan fingerprint density at radius 1 is 1.07 bits per heavy atom. The lowest BCUT2D eigenvalue weighted by Crippen LogP contribution is -2.15. The molecule has 8 nitrogen and oxygen atoms in total. The van der Waals surface area contributed by atoms with Crippen LogP contribution in [-0.2, 0) is 9.47 Å². The summed E-state index contributed by atoms with van der Waals surface area (Å²) in [5.41, 5.74) is 1.34. The van der Waals surface area contributed by atoms with Gasteiger partial charge in [-0.15, -0.1) is 0 Å². The lowest BCUT2D eigenvalue weighted by atomic mass is 10.0. The SMILES string of the molecule is COC(=O)c1c(-c2cc(Br)c3c(c2)OCO3)nn(-c2ccccc2)c1C(=O)OC. The van der Waals surface area contributed by atoms with Crippen molar-refractivity contribution in [2.45, 2.75) is 0 Å². The Hall–Kier alpha value is -3.33. The number of carbonyl (C=O) groups excluding carboxylic acids is 2. The summed E-state index contributed by atoms with van der Waals surface area (Å²) < 4.78 is 22.7. The molecule has 0 fully saturated rings. The summed E-state index contributed by atoms with van der Waals surface area (Å²) in [6, 6.07) is 12.4. The number of nitrogens with zero attached hydrogens (tertiary/aromatic N) is 2. The molecule has 0 bridgehead atoms. The van der Waals surface area contributed by atoms with Crippen molar-refractivity contribution in [3.05, 3.63) is 58.2 Å². The zero-order valence-corrected chi connectivity index (χ0v) is 17.1. The average Bonchev–Trinajstić information content (AvgIpc) is 3.38. The van der Waals surface area contributed by atoms with Gasteiger partial charge in [0.05, 0.1) is 24.4 Å². The Bertz CT molecular complexity index is 1110. The second-order valence-corrected chi connectivity index (χ2v) is 6.85. The van der Waals surface area contributed by atoms with E-state index in [4.69, 9.17) is 18.9 Å². The number of hydrogen-bond acceptors (Lipinski definition) is 7. The van der Waals surface area contributed by atoms with E-state index in [-0.39, 0.29) is 23.7 Å². The molecule has 0 atom stereocenters. The lowest BCUT2D eigenvalue weighted by molar-refractivity contribution is 0.0549. The number of hydrogen-bond donors (Lipinski definition) is 0. The van der Waals surface area contributed by atoms with Gasteiger partial charge in [0.25, 0.3) is 0 Å². The molecule has 9 heteroatoms. The third kappa shape index (κ3) is 3.23. The van der Waals surface area contributed by atoms with Gasteiger partial charge < -0.3 is 18.9 Å². The summed E-state index contributed by atoms with van der Waals surface area (Å²) in [4.78, 5) is 25.3. The van der Waals surface area contributed by atoms with Crippen LogP contribution in [0.1, 0.15) is 20.8 Å². The van der Waals surface area contributed by atoms with E-state index in [2.05, 4.69) is 21.0 Å². The van der Waals surface area contributed by atoms with Gasteiger partial charge in [-0.1, -0.05) is 18.2 Å². The number of rotatable bonds is 4. The zero-order chi connectivity index (χ0) is 20.5. The first-order chi connectivity index (χ1) is 14.0. The van der Waals surface area contributed by atoms with Gasteiger partial charge in [-0.2, -0.15) is 5.10 Å². The number of esters is 2. The van der Waals surface area contributed by atoms with Crippen molar-refractivity contribution in [1.82, 2.24) is 9.78 Å². The van der Waals surface area contributed by atoms with Crippen LogP contribution in [0.15, 0.2) is 46.9 Å². The highest BCUT2D eigenvalue weighted by atomic mass is 79.9. The molecular weight excluding hydrogens is 444 g/mol. The van der Waals surface area contributed by atoms with E-state index in [9.17, 15) is 9.59 Å². The van der Waals surface area contributed by atoms with E-state index >= 15 is 0 Å². The number of para-hydroxylation sites is 1. The minimum absolute atomic E-state index is 0.00558. The number of aromatic nitrogens is 2. The van der Waals surface area contributed by atoms with Crippen molar-refractivity contribution in [2.24, 2.45) is 0 Å². The van der Waals surface area contributed by atoms with Crippen LogP contribution in [0.25, 0.3) is 16.9 Å². The van der Waals surface area contributed by atoms with Gasteiger partial charge in [0.2, 0.25) is 6.79 Å². The van der Waals surface area contributed by atoms with Crippen LogP contribution in [0.3, 0.4) is 0 Å². The Labute approximate surface area is 174 Å². The second-order valence-electron chi connectivity index (χ2n) is 5.99. The van der Waals surface area contributed by atoms with Crippen molar-refractivity contribution in [1.29, 1.82) is 0 Å². The molecule has 2 heterocycles. The van der Waals surface area contributed by atoms with E-state index in [0.29, 0.717) is 27.2 Å². The van der Waals surface area contributed by atoms with E-state index < -0.39 is 11.9 Å². The minimum Gasteiger partial charge on any atom is -0.465 e. The number of ether oxygens (including phenoxy) is 4. The molecule has 3 aromatic rings. The van der Waals surface area contributed by atoms with Crippen molar-refractivity contribution in [3.8, 4) is 28.4 Å². The maximum Gasteiger partial charge on any atom is 0.357 e. The molecule has 4 rings (SSSR count). The maximum atomic E-state index is 12.7. The molecule has 29 heavy (non-hydrogen) atoms. The van der Waals surface area contributed by atoms with Crippen LogP contribution in [0.4, 0.5) is 0 Å². The van der Waals surface area contributed by atoms with E-state index in [0.717, 1.165) is 0 Å². The lowest BCUT2D eigenvalue weighted by Gasteiger charge is -2.07. The smallest absolute Gasteiger partial charge is 0.357 e. The first kappa shape index (κ1) is 19.0. The summed E-state index contributed by atoms with van der Waals surface area (Å²) in [6.07, 6.45) is 0. The van der Waals surface area contributed by atoms with Gasteiger partial charge in [-0.3, -0.25) is 0 Å². The van der Waals surface area contributed by atoms with E-state index in [1.807, 2.05) is 6.07 Å². The van der Waals surface area contributed by atoms with Gasteiger partial charge in [-0.05, 0) is 40.2 Å². The molecule has 1 aromatic heterocycles. The summed E-state index contributed by atoms with van der Waals surface area (Å²) >= 11 is 3.44. The van der Waals surface area contributed by atoms with Gasteiger partial charge in [0.15, 0.2) is 17.2 Å². The quantitative estimate of drug-likeness (QED) is 0.551. The fourth-order valence-corrected chi connectivity index (χ4v) is 3.62. The molecule has 0 aliphatic carbocycles. The van der Waals surface area contributed by atoms with Crippen LogP contribution >= 0.6 is 15.9 Å². The molecule has 0 saturated carbocycles. The standard InChI is InChI=1S/C20H15BrN2O6/c1-26-19(24)15-16(11-8-13(21)18-14(9-11)28-10-29-18)22-23(17(15)20(25)27-2)12-6-4-3-5-7-12/h3-9H,10H2,1-2H3. The van der Waals surface area contributed by atoms with Crippen LogP contribution in [-0.4, -0.2) is 42.7 Å². The fourth-order valence-electron chi connectivity index (χ4n) is 3.06. The van der Waals surface area contributed by atoms with Gasteiger partial charge in [0, 0.05) is 5.56 Å². The topological polar surface area (TPSA) is 88.9 Å². The molecule has 148 valence electrons. The summed E-state index contributed by atoms with van der Waals surface area (Å²) in [7, 11) is 2.48. The van der Waals surface area contributed by atoms with Crippen molar-refractivity contribution >= 4 is 27.9 Å². The van der Waals surface area contributed by atoms with Crippen molar-refractivity contribution < 1.29 is 28.5 Å². The highest BCUT2D eigenvalue weighted by Gasteiger charge is 2.32. The highest BCUT2D eigenvalue weighted by Crippen LogP contribution is 2.43. The van der Waals surface area contributed by atoms with E-state index in [1.165, 1.54) is 18.9 Å². The number of benzene rings is 2. The largest absolute Gasteiger partial charge is 0.465 e. The first-order valence-electron chi connectivity index (χ1n) is 8.49. The van der Waals surface area contributed by atoms with Gasteiger partial charge in [-0.25, -0.2) is 14.3 Å². The van der Waals surface area contributed by atoms with Crippen LogP contribution in [0.2, 0.25) is 0 Å². The zero-order valence-electron chi connectivity index (χ0n) is 15.5. The van der Waals surface area contributed by atoms with Crippen LogP contribution in [0, 0.1) is 0 Å². The fraction of sp³-hybridized carbons (Fsp3) is 0.150. The van der Waals surface area contributed by atoms with Gasteiger partial charge in [0.1, 0.15) is 11.3 Å². The number of fused-ring (bicyclic) bond motifs is 1. The molecule has 0 radical (unpaired) electrons. The molecule has 1 aliphatic rings. The number of halogens is 1. The van der Waals surface area contributed by atoms with Crippen molar-refractivity contribution in [2.75, 3.05) is 21.0 Å². The average molecular weight is 459 g/mol. The number of carbonyl (C=O) groups is 2. The first-order valence-corrected chi connectivity index (χ1v) is 9.29. The summed E-state index contributed by atoms with van der Waals surface area (Å²) in [5.74, 6) is -0.368. The Balaban J connectivity index is 2.02. The second kappa shape index (κ2) is 7.59. The third-order valence-electron chi connectivity index (χ3n) is 4.36. The summed E-state index contributed by atoms with van der Waals surface area (Å²) in [6.45, 7) is 0.0904. The molecule has 2 aromatic carbocycles. The predicted molar refractivity (Wildman–Crippen MR) is 106 cm³/mol. The van der Waals surface area contributed by atoms with E-state index in [1.54, 1.807) is 36.4 Å². The monoisotopic (exact) mass is 458 g/mol. The van der Waals surface area contributed by atoms with Crippen LogP contribution in [0.5, 0.6) is 11.5 Å². The molecule has 1 aliphatic heterocycles. The third-order valence-corrected chi connectivity index (χ3v) is 4.94. The maximum absolute atomic E-state index is 12.7. The molecule has 0 unspecified atom stereocenters. The molecule has 0 saturated heterocycles. The molecule has 0 spiro atoms. The predicted octanol–water partition coefficient (Wildman–Crippen LogP) is 3.60. The number of methoxy groups -OCH3 is 2. The molecular formula is C20H15BrN2O6. The normalized spacial score (nSPS) is 12.0. The molecule has 0 N–H and O–H groups in total. The van der Waals surface area contributed by atoms with Gasteiger partial charge >= 0.3 is 11.9 Å². The Morgan fingerprint density at radius 3 is 2.48 bits per heavy atom. The molecule has 0 amide bonds. The Morgan fingerprint density at radius 2 is 1.79 bits per heavy atom. The minimum atomic E-state index is -0.715. The van der Waals surface area contributed by atoms with Crippen molar-refractivity contribution in [3.63, 3.8) is 0 Å². The Kier molecular flexibility index (Phi) is 4.98. The highest BCUT2D eigenvalue weighted by molar-refractivity contribution is 9.10.